The molecule has 3 nitrogen and oxygen atoms in total. The summed E-state index contributed by atoms with van der Waals surface area (Å²) >= 11 is 0. The molecule has 1 aromatic carbocycles. The van der Waals surface area contributed by atoms with Crippen LogP contribution in [0.15, 0.2) is 18.2 Å². The van der Waals surface area contributed by atoms with E-state index in [1.165, 1.54) is 11.1 Å². The first-order valence-corrected chi connectivity index (χ1v) is 6.70. The maximum atomic E-state index is 5.89. The Kier molecular flexibility index (Phi) is 7.46. The first-order valence-electron chi connectivity index (χ1n) is 6.70. The highest BCUT2D eigenvalue weighted by atomic mass is 16.5. The molecule has 0 aliphatic rings. The van der Waals surface area contributed by atoms with Crippen LogP contribution in [0.3, 0.4) is 0 Å². The second-order valence-corrected chi connectivity index (χ2v) is 4.43. The smallest absolute Gasteiger partial charge is 0.126 e. The quantitative estimate of drug-likeness (QED) is 0.685. The molecule has 3 heteroatoms. The van der Waals surface area contributed by atoms with E-state index in [4.69, 9.17) is 9.47 Å². The zero-order valence-corrected chi connectivity index (χ0v) is 11.8. The van der Waals surface area contributed by atoms with E-state index in [1.54, 1.807) is 7.11 Å². The van der Waals surface area contributed by atoms with Crippen LogP contribution in [0.5, 0.6) is 5.75 Å². The van der Waals surface area contributed by atoms with Gasteiger partial charge in [0.25, 0.3) is 0 Å². The number of nitrogens with one attached hydrogen (secondary N) is 1. The number of para-hydroxylation sites is 1. The lowest BCUT2D eigenvalue weighted by molar-refractivity contribution is 0.199. The maximum absolute atomic E-state index is 5.89. The largest absolute Gasteiger partial charge is 0.493 e. The highest BCUT2D eigenvalue weighted by Gasteiger charge is 2.06. The van der Waals surface area contributed by atoms with Crippen LogP contribution in [0, 0.1) is 6.92 Å². The number of ether oxygens (including phenoxy) is 2. The van der Waals surface area contributed by atoms with Gasteiger partial charge in [-0.25, -0.2) is 0 Å². The van der Waals surface area contributed by atoms with Gasteiger partial charge in [-0.1, -0.05) is 31.5 Å². The van der Waals surface area contributed by atoms with Gasteiger partial charge in [0, 0.05) is 25.8 Å². The number of hydrogen-bond acceptors (Lipinski definition) is 3. The zero-order valence-electron chi connectivity index (χ0n) is 11.8. The van der Waals surface area contributed by atoms with Gasteiger partial charge < -0.3 is 14.8 Å². The fourth-order valence-electron chi connectivity index (χ4n) is 1.77. The van der Waals surface area contributed by atoms with Crippen molar-refractivity contribution in [3.05, 3.63) is 29.3 Å². The molecular formula is C15H25NO2. The molecule has 0 radical (unpaired) electrons. The normalized spacial score (nSPS) is 10.6. The molecule has 1 N–H and O–H groups in total. The molecule has 1 aromatic rings. The Morgan fingerprint density at radius 3 is 2.78 bits per heavy atom. The van der Waals surface area contributed by atoms with Gasteiger partial charge in [-0.15, -0.1) is 0 Å². The molecule has 0 fully saturated rings. The molecule has 0 saturated carbocycles. The van der Waals surface area contributed by atoms with Crippen molar-refractivity contribution < 1.29 is 9.47 Å². The SMILES string of the molecule is CCCCOc1c(C)cccc1CNCCOC. The molecule has 0 amide bonds. The van der Waals surface area contributed by atoms with Crippen LogP contribution < -0.4 is 10.1 Å². The van der Waals surface area contributed by atoms with Crippen molar-refractivity contribution in [3.63, 3.8) is 0 Å². The van der Waals surface area contributed by atoms with E-state index in [2.05, 4.69) is 37.4 Å². The summed E-state index contributed by atoms with van der Waals surface area (Å²) in [6, 6.07) is 6.30. The third-order valence-electron chi connectivity index (χ3n) is 2.84. The Balaban J connectivity index is 2.56. The number of hydrogen-bond donors (Lipinski definition) is 1. The number of unbranched alkanes of at least 4 members (excludes halogenated alkanes) is 1. The van der Waals surface area contributed by atoms with Crippen molar-refractivity contribution >= 4 is 0 Å². The molecule has 0 unspecified atom stereocenters. The molecule has 0 bridgehead atoms. The molecule has 0 aromatic heterocycles. The van der Waals surface area contributed by atoms with Crippen molar-refractivity contribution in [2.24, 2.45) is 0 Å². The summed E-state index contributed by atoms with van der Waals surface area (Å²) in [5.41, 5.74) is 2.43. The van der Waals surface area contributed by atoms with Crippen molar-refractivity contribution in [2.75, 3.05) is 26.9 Å². The van der Waals surface area contributed by atoms with Gasteiger partial charge in [-0.05, 0) is 18.9 Å². The van der Waals surface area contributed by atoms with Crippen LogP contribution in [0.4, 0.5) is 0 Å². The predicted molar refractivity (Wildman–Crippen MR) is 75.2 cm³/mol. The van der Waals surface area contributed by atoms with Gasteiger partial charge in [0.05, 0.1) is 13.2 Å². The summed E-state index contributed by atoms with van der Waals surface area (Å²) in [5, 5.41) is 3.36. The van der Waals surface area contributed by atoms with E-state index in [0.29, 0.717) is 0 Å². The van der Waals surface area contributed by atoms with Crippen LogP contribution >= 0.6 is 0 Å². The maximum Gasteiger partial charge on any atom is 0.126 e. The van der Waals surface area contributed by atoms with E-state index >= 15 is 0 Å². The third-order valence-corrected chi connectivity index (χ3v) is 2.84. The fourth-order valence-corrected chi connectivity index (χ4v) is 1.77. The summed E-state index contributed by atoms with van der Waals surface area (Å²) in [6.07, 6.45) is 2.26. The second kappa shape index (κ2) is 8.95. The molecule has 0 saturated heterocycles. The fraction of sp³-hybridized carbons (Fsp3) is 0.600. The lowest BCUT2D eigenvalue weighted by Gasteiger charge is -2.14. The van der Waals surface area contributed by atoms with Crippen LogP contribution in [-0.4, -0.2) is 26.9 Å². The van der Waals surface area contributed by atoms with E-state index in [0.717, 1.165) is 44.9 Å². The molecular weight excluding hydrogens is 226 g/mol. The van der Waals surface area contributed by atoms with Crippen LogP contribution in [0.2, 0.25) is 0 Å². The average Bonchev–Trinajstić information content (AvgIpc) is 2.37. The minimum atomic E-state index is 0.734. The zero-order chi connectivity index (χ0) is 13.2. The van der Waals surface area contributed by atoms with Crippen LogP contribution in [-0.2, 0) is 11.3 Å². The van der Waals surface area contributed by atoms with Gasteiger partial charge in [-0.2, -0.15) is 0 Å². The molecule has 18 heavy (non-hydrogen) atoms. The summed E-state index contributed by atoms with van der Waals surface area (Å²) < 4.78 is 10.9. The van der Waals surface area contributed by atoms with Crippen molar-refractivity contribution in [2.45, 2.75) is 33.2 Å². The Bertz CT molecular complexity index is 339. The summed E-state index contributed by atoms with van der Waals surface area (Å²) in [7, 11) is 1.72. The first-order chi connectivity index (χ1) is 8.79. The average molecular weight is 251 g/mol. The Hall–Kier alpha value is -1.06. The lowest BCUT2D eigenvalue weighted by Crippen LogP contribution is -2.19. The summed E-state index contributed by atoms with van der Waals surface area (Å²) in [5.74, 6) is 1.04. The monoisotopic (exact) mass is 251 g/mol. The van der Waals surface area contributed by atoms with Gasteiger partial charge >= 0.3 is 0 Å². The molecule has 0 aliphatic carbocycles. The Labute approximate surface area is 110 Å². The number of aryl methyl sites for hydroxylation is 1. The van der Waals surface area contributed by atoms with E-state index in [1.807, 2.05) is 0 Å². The molecule has 0 aliphatic heterocycles. The van der Waals surface area contributed by atoms with Gasteiger partial charge in [0.15, 0.2) is 0 Å². The minimum Gasteiger partial charge on any atom is -0.493 e. The minimum absolute atomic E-state index is 0.734. The third kappa shape index (κ3) is 5.07. The van der Waals surface area contributed by atoms with Crippen molar-refractivity contribution in [1.29, 1.82) is 0 Å². The van der Waals surface area contributed by atoms with Crippen LogP contribution in [0.25, 0.3) is 0 Å². The van der Waals surface area contributed by atoms with Gasteiger partial charge in [0.2, 0.25) is 0 Å². The number of rotatable bonds is 9. The second-order valence-electron chi connectivity index (χ2n) is 4.43. The van der Waals surface area contributed by atoms with Crippen molar-refractivity contribution in [3.8, 4) is 5.75 Å². The standard InChI is InChI=1S/C15H25NO2/c1-4-5-10-18-15-13(2)7-6-8-14(15)12-16-9-11-17-3/h6-8,16H,4-5,9-12H2,1-3H3. The predicted octanol–water partition coefficient (Wildman–Crippen LogP) is 2.91. The van der Waals surface area contributed by atoms with Crippen LogP contribution in [0.1, 0.15) is 30.9 Å². The molecule has 1 rings (SSSR count). The van der Waals surface area contributed by atoms with E-state index in [9.17, 15) is 0 Å². The van der Waals surface area contributed by atoms with Gasteiger partial charge in [-0.3, -0.25) is 0 Å². The van der Waals surface area contributed by atoms with E-state index < -0.39 is 0 Å². The molecule has 0 atom stereocenters. The lowest BCUT2D eigenvalue weighted by atomic mass is 10.1. The number of benzene rings is 1. The molecule has 102 valence electrons. The van der Waals surface area contributed by atoms with Crippen molar-refractivity contribution in [1.82, 2.24) is 5.32 Å². The molecule has 0 spiro atoms. The molecule has 0 heterocycles. The highest BCUT2D eigenvalue weighted by Crippen LogP contribution is 2.23. The first kappa shape index (κ1) is 15.0. The highest BCUT2D eigenvalue weighted by molar-refractivity contribution is 5.40. The van der Waals surface area contributed by atoms with Gasteiger partial charge in [0.1, 0.15) is 5.75 Å². The summed E-state index contributed by atoms with van der Waals surface area (Å²) in [4.78, 5) is 0. The Morgan fingerprint density at radius 2 is 2.06 bits per heavy atom. The Morgan fingerprint density at radius 1 is 1.22 bits per heavy atom. The topological polar surface area (TPSA) is 30.5 Å². The number of methoxy groups -OCH3 is 1. The summed E-state index contributed by atoms with van der Waals surface area (Å²) in [6.45, 7) is 7.49. The van der Waals surface area contributed by atoms with E-state index in [-0.39, 0.29) is 0 Å².